The highest BCUT2D eigenvalue weighted by Gasteiger charge is 2.01. The minimum absolute atomic E-state index is 0.811. The Kier molecular flexibility index (Phi) is 3.03. The van der Waals surface area contributed by atoms with Gasteiger partial charge in [-0.2, -0.15) is 0 Å². The highest BCUT2D eigenvalue weighted by molar-refractivity contribution is 5.97. The average Bonchev–Trinajstić information content (AvgIpc) is 2.47. The molecule has 0 atom stereocenters. The fraction of sp³-hybridized carbons (Fsp3) is 0. The van der Waals surface area contributed by atoms with Crippen LogP contribution in [0.2, 0.25) is 0 Å². The summed E-state index contributed by atoms with van der Waals surface area (Å²) in [6.07, 6.45) is 4.19. The van der Waals surface area contributed by atoms with Crippen LogP contribution >= 0.6 is 0 Å². The van der Waals surface area contributed by atoms with Gasteiger partial charge >= 0.3 is 0 Å². The minimum Gasteiger partial charge on any atom is -0.398 e. The second-order valence-corrected chi connectivity index (χ2v) is 4.53. The van der Waals surface area contributed by atoms with E-state index in [0.29, 0.717) is 0 Å². The van der Waals surface area contributed by atoms with Gasteiger partial charge in [0.1, 0.15) is 0 Å². The summed E-state index contributed by atoms with van der Waals surface area (Å²) in [5.41, 5.74) is 9.17. The van der Waals surface area contributed by atoms with Crippen molar-refractivity contribution in [2.24, 2.45) is 0 Å². The molecule has 19 heavy (non-hydrogen) atoms. The maximum Gasteiger partial charge on any atom is 0.0394 e. The number of nitrogen functional groups attached to an aromatic ring is 1. The van der Waals surface area contributed by atoms with Crippen molar-refractivity contribution in [2.45, 2.75) is 0 Å². The Morgan fingerprint density at radius 2 is 1.42 bits per heavy atom. The van der Waals surface area contributed by atoms with Crippen LogP contribution in [0.1, 0.15) is 11.1 Å². The third kappa shape index (κ3) is 2.36. The first-order chi connectivity index (χ1) is 9.34. The van der Waals surface area contributed by atoms with E-state index >= 15 is 0 Å². The molecule has 0 saturated carbocycles. The second kappa shape index (κ2) is 4.99. The second-order valence-electron chi connectivity index (χ2n) is 4.53. The Balaban J connectivity index is 2.10. The minimum atomic E-state index is 0.811. The van der Waals surface area contributed by atoms with Crippen LogP contribution in [-0.2, 0) is 0 Å². The van der Waals surface area contributed by atoms with E-state index in [4.69, 9.17) is 5.73 Å². The zero-order valence-corrected chi connectivity index (χ0v) is 10.6. The van der Waals surface area contributed by atoms with Gasteiger partial charge in [0.05, 0.1) is 0 Å². The van der Waals surface area contributed by atoms with Crippen molar-refractivity contribution in [2.75, 3.05) is 5.73 Å². The van der Waals surface area contributed by atoms with Crippen LogP contribution in [0.15, 0.2) is 66.7 Å². The molecular weight excluding hydrogens is 230 g/mol. The zero-order valence-electron chi connectivity index (χ0n) is 10.6. The van der Waals surface area contributed by atoms with Gasteiger partial charge in [-0.1, -0.05) is 72.8 Å². The smallest absolute Gasteiger partial charge is 0.0394 e. The molecule has 0 spiro atoms. The summed E-state index contributed by atoms with van der Waals surface area (Å²) >= 11 is 0. The van der Waals surface area contributed by atoms with E-state index < -0.39 is 0 Å². The molecule has 92 valence electrons. The van der Waals surface area contributed by atoms with Crippen LogP contribution in [0.5, 0.6) is 0 Å². The van der Waals surface area contributed by atoms with Crippen LogP contribution in [0.3, 0.4) is 0 Å². The van der Waals surface area contributed by atoms with Gasteiger partial charge in [0.15, 0.2) is 0 Å². The Hall–Kier alpha value is -2.54. The van der Waals surface area contributed by atoms with Crippen molar-refractivity contribution in [3.05, 3.63) is 77.9 Å². The lowest BCUT2D eigenvalue weighted by Crippen LogP contribution is -1.90. The molecule has 0 amide bonds. The lowest BCUT2D eigenvalue weighted by Gasteiger charge is -2.06. The molecule has 2 N–H and O–H groups in total. The summed E-state index contributed by atoms with van der Waals surface area (Å²) in [5, 5.41) is 2.40. The quantitative estimate of drug-likeness (QED) is 0.518. The van der Waals surface area contributed by atoms with Crippen LogP contribution in [0.4, 0.5) is 5.69 Å². The zero-order chi connectivity index (χ0) is 13.1. The molecule has 0 aliphatic carbocycles. The Morgan fingerprint density at radius 3 is 2.26 bits per heavy atom. The standard InChI is InChI=1S/C18H15N/c19-18-13-11-15-8-4-5-9-16(15)17(18)12-10-14-6-2-1-3-7-14/h1-13H,19H2. The monoisotopic (exact) mass is 245 g/mol. The van der Waals surface area contributed by atoms with Gasteiger partial charge in [-0.25, -0.2) is 0 Å². The lowest BCUT2D eigenvalue weighted by atomic mass is 10.0. The summed E-state index contributed by atoms with van der Waals surface area (Å²) in [7, 11) is 0. The Bertz CT molecular complexity index is 727. The predicted octanol–water partition coefficient (Wildman–Crippen LogP) is 4.59. The number of rotatable bonds is 2. The van der Waals surface area contributed by atoms with E-state index in [2.05, 4.69) is 42.5 Å². The average molecular weight is 245 g/mol. The van der Waals surface area contributed by atoms with Gasteiger partial charge < -0.3 is 5.73 Å². The molecular formula is C18H15N. The Labute approximate surface area is 113 Å². The molecule has 3 rings (SSSR count). The highest BCUT2D eigenvalue weighted by Crippen LogP contribution is 2.26. The molecule has 0 radical (unpaired) electrons. The molecule has 0 aromatic heterocycles. The number of benzene rings is 3. The van der Waals surface area contributed by atoms with Gasteiger partial charge in [-0.3, -0.25) is 0 Å². The van der Waals surface area contributed by atoms with Crippen molar-refractivity contribution in [3.63, 3.8) is 0 Å². The van der Waals surface area contributed by atoms with Gasteiger partial charge in [0, 0.05) is 11.3 Å². The van der Waals surface area contributed by atoms with Gasteiger partial charge in [-0.05, 0) is 22.4 Å². The van der Waals surface area contributed by atoms with Crippen LogP contribution in [0.25, 0.3) is 22.9 Å². The topological polar surface area (TPSA) is 26.0 Å². The molecule has 0 unspecified atom stereocenters. The van der Waals surface area contributed by atoms with E-state index in [-0.39, 0.29) is 0 Å². The van der Waals surface area contributed by atoms with Gasteiger partial charge in [0.25, 0.3) is 0 Å². The van der Waals surface area contributed by atoms with Crippen molar-refractivity contribution in [3.8, 4) is 0 Å². The Morgan fingerprint density at radius 1 is 0.684 bits per heavy atom. The first kappa shape index (κ1) is 11.5. The van der Waals surface area contributed by atoms with Crippen LogP contribution in [0, 0.1) is 0 Å². The molecule has 0 heterocycles. The molecule has 3 aromatic carbocycles. The lowest BCUT2D eigenvalue weighted by molar-refractivity contribution is 1.66. The van der Waals surface area contributed by atoms with Gasteiger partial charge in [0.2, 0.25) is 0 Å². The van der Waals surface area contributed by atoms with Crippen LogP contribution in [-0.4, -0.2) is 0 Å². The molecule has 0 saturated heterocycles. The maximum absolute atomic E-state index is 6.10. The van der Waals surface area contributed by atoms with E-state index in [9.17, 15) is 0 Å². The van der Waals surface area contributed by atoms with E-state index in [1.165, 1.54) is 16.3 Å². The fourth-order valence-corrected chi connectivity index (χ4v) is 2.24. The highest BCUT2D eigenvalue weighted by atomic mass is 14.6. The third-order valence-electron chi connectivity index (χ3n) is 3.25. The number of nitrogens with two attached hydrogens (primary N) is 1. The molecule has 3 aromatic rings. The van der Waals surface area contributed by atoms with E-state index in [1.807, 2.05) is 36.4 Å². The molecule has 0 aliphatic rings. The van der Waals surface area contributed by atoms with Crippen molar-refractivity contribution >= 4 is 28.6 Å². The number of anilines is 1. The summed E-state index contributed by atoms with van der Waals surface area (Å²) in [4.78, 5) is 0. The van der Waals surface area contributed by atoms with E-state index in [0.717, 1.165) is 11.3 Å². The van der Waals surface area contributed by atoms with Gasteiger partial charge in [-0.15, -0.1) is 0 Å². The molecule has 0 bridgehead atoms. The van der Waals surface area contributed by atoms with Crippen molar-refractivity contribution in [1.29, 1.82) is 0 Å². The molecule has 0 fully saturated rings. The maximum atomic E-state index is 6.10. The first-order valence-electron chi connectivity index (χ1n) is 6.35. The SMILES string of the molecule is Nc1ccc2ccccc2c1C=Cc1ccccc1. The third-order valence-corrected chi connectivity index (χ3v) is 3.25. The number of hydrogen-bond acceptors (Lipinski definition) is 1. The van der Waals surface area contributed by atoms with E-state index in [1.54, 1.807) is 0 Å². The largest absolute Gasteiger partial charge is 0.398 e. The van der Waals surface area contributed by atoms with Crippen molar-refractivity contribution < 1.29 is 0 Å². The molecule has 1 heteroatoms. The number of hydrogen-bond donors (Lipinski definition) is 1. The summed E-state index contributed by atoms with van der Waals surface area (Å²) in [6.45, 7) is 0. The van der Waals surface area contributed by atoms with Crippen LogP contribution < -0.4 is 5.73 Å². The fourth-order valence-electron chi connectivity index (χ4n) is 2.24. The normalized spacial score (nSPS) is 11.2. The summed E-state index contributed by atoms with van der Waals surface area (Å²) in [5.74, 6) is 0. The number of fused-ring (bicyclic) bond motifs is 1. The van der Waals surface area contributed by atoms with Crippen molar-refractivity contribution in [1.82, 2.24) is 0 Å². The summed E-state index contributed by atoms with van der Waals surface area (Å²) < 4.78 is 0. The summed E-state index contributed by atoms with van der Waals surface area (Å²) in [6, 6.07) is 22.6. The predicted molar refractivity (Wildman–Crippen MR) is 83.7 cm³/mol. The molecule has 1 nitrogen and oxygen atoms in total. The molecule has 0 aliphatic heterocycles. The first-order valence-corrected chi connectivity index (χ1v) is 6.35.